The van der Waals surface area contributed by atoms with Crippen molar-refractivity contribution in [2.24, 2.45) is 0 Å². The van der Waals surface area contributed by atoms with Crippen LogP contribution in [0.2, 0.25) is 5.02 Å². The fraction of sp³-hybridized carbons (Fsp3) is 0.667. The van der Waals surface area contributed by atoms with Crippen LogP contribution in [0.5, 0.6) is 11.5 Å². The smallest absolute Gasteiger partial charge is 0.280 e. The predicted octanol–water partition coefficient (Wildman–Crippen LogP) is 8.39. The molecule has 394 valence electrons. The minimum absolute atomic E-state index is 0.0109. The monoisotopic (exact) mass is 1010 g/mol. The second-order valence-electron chi connectivity index (χ2n) is 20.7. The lowest BCUT2D eigenvalue weighted by atomic mass is 9.92. The quantitative estimate of drug-likeness (QED) is 0.105. The molecule has 2 saturated carbocycles. The Hall–Kier alpha value is -4.93. The molecule has 4 aliphatic rings. The van der Waals surface area contributed by atoms with E-state index in [2.05, 4.69) is 13.8 Å². The molecule has 2 atom stereocenters. The highest BCUT2D eigenvalue weighted by Gasteiger charge is 2.53. The number of unbranched alkanes of at least 4 members (excludes halogenated alkanes) is 2. The Kier molecular flexibility index (Phi) is 20.2. The number of nitrogens with zero attached hydrogens (tertiary/aromatic N) is 6. The van der Waals surface area contributed by atoms with Crippen LogP contribution in [0.3, 0.4) is 0 Å². The molecule has 2 aliphatic heterocycles. The first-order valence-electron chi connectivity index (χ1n) is 25.7. The van der Waals surface area contributed by atoms with Crippen molar-refractivity contribution >= 4 is 58.4 Å². The third kappa shape index (κ3) is 12.8. The number of benzene rings is 2. The summed E-state index contributed by atoms with van der Waals surface area (Å²) in [7, 11) is 9.67. The molecule has 2 aliphatic carbocycles. The number of hydrogen-bond acceptors (Lipinski definition) is 10. The fourth-order valence-electron chi connectivity index (χ4n) is 10.5. The molecular weight excluding hydrogens is 928 g/mol. The van der Waals surface area contributed by atoms with Crippen LogP contribution in [0.4, 0.5) is 11.4 Å². The molecule has 2 heterocycles. The zero-order valence-electron chi connectivity index (χ0n) is 44.6. The molecule has 0 radical (unpaired) electrons. The minimum atomic E-state index is -1.72. The van der Waals surface area contributed by atoms with Crippen molar-refractivity contribution in [1.82, 2.24) is 19.6 Å². The Balaban J connectivity index is 0.000000264. The Morgan fingerprint density at radius 1 is 0.634 bits per heavy atom. The Labute approximate surface area is 427 Å². The Morgan fingerprint density at radius 2 is 1.06 bits per heavy atom. The van der Waals surface area contributed by atoms with Crippen LogP contribution in [0.15, 0.2) is 30.3 Å². The summed E-state index contributed by atoms with van der Waals surface area (Å²) >= 11 is 6.67. The van der Waals surface area contributed by atoms with Crippen LogP contribution in [0, 0.1) is 0 Å². The van der Waals surface area contributed by atoms with Crippen LogP contribution in [-0.4, -0.2) is 159 Å². The van der Waals surface area contributed by atoms with Gasteiger partial charge in [0.25, 0.3) is 46.6 Å². The van der Waals surface area contributed by atoms with Crippen molar-refractivity contribution in [3.8, 4) is 11.5 Å². The Morgan fingerprint density at radius 3 is 1.48 bits per heavy atom. The molecule has 2 aromatic carbocycles. The van der Waals surface area contributed by atoms with Gasteiger partial charge in [0.15, 0.2) is 0 Å². The summed E-state index contributed by atoms with van der Waals surface area (Å²) < 4.78 is 22.4. The second kappa shape index (κ2) is 25.1. The van der Waals surface area contributed by atoms with Gasteiger partial charge in [0.1, 0.15) is 11.5 Å². The van der Waals surface area contributed by atoms with Crippen LogP contribution < -0.4 is 19.3 Å². The van der Waals surface area contributed by atoms with E-state index in [0.29, 0.717) is 73.1 Å². The fourth-order valence-corrected chi connectivity index (χ4v) is 10.7. The molecule has 0 saturated heterocycles. The highest BCUT2D eigenvalue weighted by atomic mass is 35.5. The molecule has 0 bridgehead atoms. The molecule has 0 aromatic heterocycles. The first kappa shape index (κ1) is 57.0. The van der Waals surface area contributed by atoms with E-state index in [1.54, 1.807) is 82.5 Å². The minimum Gasteiger partial charge on any atom is -0.465 e. The van der Waals surface area contributed by atoms with Crippen molar-refractivity contribution in [2.45, 2.75) is 167 Å². The summed E-state index contributed by atoms with van der Waals surface area (Å²) in [6.45, 7) is 13.1. The summed E-state index contributed by atoms with van der Waals surface area (Å²) in [5.74, 6) is -1.18. The molecule has 16 nitrogen and oxygen atoms in total. The van der Waals surface area contributed by atoms with Crippen LogP contribution >= 0.6 is 11.6 Å². The zero-order chi connectivity index (χ0) is 52.4. The number of carbonyl (C=O) groups is 6. The molecule has 71 heavy (non-hydrogen) atoms. The van der Waals surface area contributed by atoms with Crippen LogP contribution in [0.1, 0.15) is 152 Å². The van der Waals surface area contributed by atoms with Crippen molar-refractivity contribution in [3.05, 3.63) is 46.5 Å². The number of carbonyl (C=O) groups excluding carboxylic acids is 6. The number of amides is 6. The van der Waals surface area contributed by atoms with Gasteiger partial charge in [-0.15, -0.1) is 0 Å². The summed E-state index contributed by atoms with van der Waals surface area (Å²) in [5, 5.41) is 0.244. The molecule has 2 unspecified atom stereocenters. The lowest BCUT2D eigenvalue weighted by molar-refractivity contribution is -0.155. The van der Waals surface area contributed by atoms with E-state index < -0.39 is 34.8 Å². The lowest BCUT2D eigenvalue weighted by Gasteiger charge is -2.41. The van der Waals surface area contributed by atoms with Gasteiger partial charge >= 0.3 is 0 Å². The lowest BCUT2D eigenvalue weighted by Crippen LogP contribution is -2.62. The molecule has 17 heteroatoms. The van der Waals surface area contributed by atoms with Gasteiger partial charge in [0.2, 0.25) is 0 Å². The van der Waals surface area contributed by atoms with E-state index in [9.17, 15) is 28.8 Å². The van der Waals surface area contributed by atoms with Crippen molar-refractivity contribution in [2.75, 3.05) is 78.5 Å². The number of likely N-dealkylation sites (N-methyl/N-ethyl adjacent to an activating group) is 2. The van der Waals surface area contributed by atoms with E-state index in [4.69, 9.17) is 30.5 Å². The SMILES string of the molecule is COCCCCN1C(=O)C(C)(C(=O)N(C)C)Oc2cc(Cl)c(C(=O)N(C(C)C)C3CCCCC3)cc21.COCCCCN1C(=O)C(C)(C(=O)N(C)C)Oc2ccc(C(=O)N(C(C)C)C3CCCCC3)cc21. The summed E-state index contributed by atoms with van der Waals surface area (Å²) in [5.41, 5.74) is -1.51. The molecule has 6 rings (SSSR count). The molecule has 0 N–H and O–H groups in total. The number of ether oxygens (including phenoxy) is 4. The van der Waals surface area contributed by atoms with E-state index in [1.807, 2.05) is 23.6 Å². The highest BCUT2D eigenvalue weighted by molar-refractivity contribution is 6.34. The zero-order valence-corrected chi connectivity index (χ0v) is 45.3. The Bertz CT molecular complexity index is 2210. The maximum atomic E-state index is 13.8. The van der Waals surface area contributed by atoms with Crippen molar-refractivity contribution in [3.63, 3.8) is 0 Å². The van der Waals surface area contributed by atoms with E-state index >= 15 is 0 Å². The second-order valence-corrected chi connectivity index (χ2v) is 21.1. The van der Waals surface area contributed by atoms with Gasteiger partial charge in [0.05, 0.1) is 22.0 Å². The maximum absolute atomic E-state index is 13.8. The summed E-state index contributed by atoms with van der Waals surface area (Å²) in [4.78, 5) is 90.6. The summed E-state index contributed by atoms with van der Waals surface area (Å²) in [6, 6.07) is 8.94. The number of hydrogen-bond donors (Lipinski definition) is 0. The van der Waals surface area contributed by atoms with Crippen LogP contribution in [-0.2, 0) is 28.7 Å². The van der Waals surface area contributed by atoms with E-state index in [0.717, 1.165) is 64.2 Å². The van der Waals surface area contributed by atoms with Gasteiger partial charge < -0.3 is 48.3 Å². The first-order valence-corrected chi connectivity index (χ1v) is 26.1. The van der Waals surface area contributed by atoms with E-state index in [1.165, 1.54) is 36.5 Å². The third-order valence-corrected chi connectivity index (χ3v) is 14.4. The van der Waals surface area contributed by atoms with Gasteiger partial charge in [-0.3, -0.25) is 28.8 Å². The van der Waals surface area contributed by atoms with Gasteiger partial charge in [-0.1, -0.05) is 50.1 Å². The van der Waals surface area contributed by atoms with Gasteiger partial charge in [-0.05, 0) is 117 Å². The number of fused-ring (bicyclic) bond motifs is 2. The molecule has 2 fully saturated rings. The number of halogens is 1. The topological polar surface area (TPSA) is 159 Å². The standard InChI is InChI=1S/C27H40ClN3O5.C27H41N3O5/c1-18(2)31(19-12-8-7-9-13-19)24(32)20-16-22-23(17-21(20)28)36-27(3,25(33)29(4)5)26(34)30(22)14-10-11-15-35-6;1-19(2)30(21-12-8-7-9-13-21)24(31)20-14-15-23-22(18-20)29(16-10-11-17-34-6)26(33)27(3,35-23)25(32)28(4)5/h16-19H,7-15H2,1-6H3;14-15,18-19,21H,7-13,16-17H2,1-6H3. The van der Waals surface area contributed by atoms with Gasteiger partial charge in [-0.2, -0.15) is 0 Å². The third-order valence-electron chi connectivity index (χ3n) is 14.1. The average Bonchev–Trinajstić information content (AvgIpc) is 3.33. The van der Waals surface area contributed by atoms with E-state index in [-0.39, 0.29) is 41.0 Å². The van der Waals surface area contributed by atoms with Gasteiger partial charge in [0, 0.05) is 105 Å². The molecular formula is C54H81ClN6O10. The number of methoxy groups -OCH3 is 2. The molecule has 0 spiro atoms. The van der Waals surface area contributed by atoms with Crippen LogP contribution in [0.25, 0.3) is 0 Å². The summed E-state index contributed by atoms with van der Waals surface area (Å²) in [6.07, 6.45) is 13.8. The maximum Gasteiger partial charge on any atom is 0.280 e. The number of anilines is 2. The first-order chi connectivity index (χ1) is 33.6. The highest BCUT2D eigenvalue weighted by Crippen LogP contribution is 2.44. The normalized spacial score (nSPS) is 20.3. The van der Waals surface area contributed by atoms with Gasteiger partial charge in [-0.25, -0.2) is 0 Å². The average molecular weight is 1010 g/mol. The van der Waals surface area contributed by atoms with Crippen molar-refractivity contribution in [1.29, 1.82) is 0 Å². The number of rotatable bonds is 18. The molecule has 6 amide bonds. The van der Waals surface area contributed by atoms with Crippen molar-refractivity contribution < 1.29 is 47.7 Å². The largest absolute Gasteiger partial charge is 0.465 e. The molecule has 2 aromatic rings. The predicted molar refractivity (Wildman–Crippen MR) is 277 cm³/mol.